The first-order chi connectivity index (χ1) is 12.1. The Morgan fingerprint density at radius 1 is 1.16 bits per heavy atom. The molecule has 0 aliphatic heterocycles. The van der Waals surface area contributed by atoms with E-state index in [2.05, 4.69) is 15.6 Å². The molecule has 1 heterocycles. The Morgan fingerprint density at radius 3 is 2.68 bits per heavy atom. The lowest BCUT2D eigenvalue weighted by atomic mass is 10.3. The number of hydrogen-bond acceptors (Lipinski definition) is 4. The van der Waals surface area contributed by atoms with Gasteiger partial charge in [0.15, 0.2) is 0 Å². The van der Waals surface area contributed by atoms with Crippen LogP contribution in [0, 0.1) is 10.1 Å². The van der Waals surface area contributed by atoms with Crippen LogP contribution in [0.4, 0.5) is 16.2 Å². The lowest BCUT2D eigenvalue weighted by Crippen LogP contribution is -2.30. The summed E-state index contributed by atoms with van der Waals surface area (Å²) < 4.78 is 2.05. The molecule has 0 aliphatic carbocycles. The van der Waals surface area contributed by atoms with Gasteiger partial charge in [-0.3, -0.25) is 10.1 Å². The molecule has 0 aliphatic rings. The maximum absolute atomic E-state index is 11.8. The van der Waals surface area contributed by atoms with Gasteiger partial charge >= 0.3 is 6.03 Å². The molecule has 8 heteroatoms. The number of benzene rings is 2. The number of carbonyl (C=O) groups excluding carboxylic acids is 1. The van der Waals surface area contributed by atoms with Gasteiger partial charge in [0.2, 0.25) is 0 Å². The molecule has 2 amide bonds. The molecule has 128 valence electrons. The van der Waals surface area contributed by atoms with Crippen molar-refractivity contribution in [2.24, 2.45) is 0 Å². The van der Waals surface area contributed by atoms with E-state index in [0.717, 1.165) is 24.0 Å². The number of para-hydroxylation sites is 2. The highest BCUT2D eigenvalue weighted by Gasteiger charge is 2.06. The molecule has 0 bridgehead atoms. The zero-order valence-electron chi connectivity index (χ0n) is 13.4. The van der Waals surface area contributed by atoms with Gasteiger partial charge in [0, 0.05) is 30.9 Å². The van der Waals surface area contributed by atoms with E-state index in [-0.39, 0.29) is 11.7 Å². The molecule has 8 nitrogen and oxygen atoms in total. The van der Waals surface area contributed by atoms with Crippen molar-refractivity contribution in [3.63, 3.8) is 0 Å². The van der Waals surface area contributed by atoms with E-state index in [1.54, 1.807) is 6.33 Å². The Bertz CT molecular complexity index is 889. The molecular weight excluding hydrogens is 322 g/mol. The molecule has 2 N–H and O–H groups in total. The van der Waals surface area contributed by atoms with Crippen LogP contribution in [0.2, 0.25) is 0 Å². The molecule has 2 aromatic carbocycles. The fraction of sp³-hybridized carbons (Fsp3) is 0.176. The summed E-state index contributed by atoms with van der Waals surface area (Å²) in [5.41, 5.74) is 2.51. The number of nitro groups is 1. The van der Waals surface area contributed by atoms with Crippen molar-refractivity contribution in [2.75, 3.05) is 11.9 Å². The second kappa shape index (κ2) is 7.43. The van der Waals surface area contributed by atoms with E-state index in [9.17, 15) is 14.9 Å². The van der Waals surface area contributed by atoms with Crippen LogP contribution in [-0.4, -0.2) is 27.1 Å². The van der Waals surface area contributed by atoms with Crippen LogP contribution in [0.25, 0.3) is 11.0 Å². The van der Waals surface area contributed by atoms with Gasteiger partial charge in [-0.2, -0.15) is 0 Å². The fourth-order valence-electron chi connectivity index (χ4n) is 2.48. The molecular formula is C17H17N5O3. The summed E-state index contributed by atoms with van der Waals surface area (Å²) in [7, 11) is 0. The van der Waals surface area contributed by atoms with Gasteiger partial charge in [0.05, 0.1) is 22.3 Å². The first kappa shape index (κ1) is 16.4. The number of fused-ring (bicyclic) bond motifs is 1. The highest BCUT2D eigenvalue weighted by Crippen LogP contribution is 2.15. The third kappa shape index (κ3) is 4.11. The lowest BCUT2D eigenvalue weighted by molar-refractivity contribution is -0.384. The van der Waals surface area contributed by atoms with E-state index in [0.29, 0.717) is 12.2 Å². The number of carbonyl (C=O) groups is 1. The third-order valence-electron chi connectivity index (χ3n) is 3.72. The SMILES string of the molecule is O=C(NCCCn1cnc2ccccc21)Nc1ccc([N+](=O)[O-])cc1. The number of nitrogens with zero attached hydrogens (tertiary/aromatic N) is 3. The second-order valence-corrected chi connectivity index (χ2v) is 5.47. The highest BCUT2D eigenvalue weighted by atomic mass is 16.6. The Morgan fingerprint density at radius 2 is 1.92 bits per heavy atom. The van der Waals surface area contributed by atoms with Gasteiger partial charge in [-0.1, -0.05) is 12.1 Å². The van der Waals surface area contributed by atoms with Crippen molar-refractivity contribution in [2.45, 2.75) is 13.0 Å². The van der Waals surface area contributed by atoms with Crippen molar-refractivity contribution in [3.8, 4) is 0 Å². The number of imidazole rings is 1. The number of nitro benzene ring substituents is 1. The molecule has 3 rings (SSSR count). The minimum Gasteiger partial charge on any atom is -0.338 e. The lowest BCUT2D eigenvalue weighted by Gasteiger charge is -2.08. The molecule has 0 atom stereocenters. The average Bonchev–Trinajstić information content (AvgIpc) is 3.02. The van der Waals surface area contributed by atoms with Gasteiger partial charge in [0.25, 0.3) is 5.69 Å². The van der Waals surface area contributed by atoms with E-state index in [1.807, 2.05) is 28.8 Å². The standard InChI is InChI=1S/C17H17N5O3/c23-17(20-13-6-8-14(9-7-13)22(24)25)18-10-3-11-21-12-19-15-4-1-2-5-16(15)21/h1-2,4-9,12H,3,10-11H2,(H2,18,20,23). The van der Waals surface area contributed by atoms with Crippen LogP contribution in [0.3, 0.4) is 0 Å². The first-order valence-electron chi connectivity index (χ1n) is 7.82. The first-order valence-corrected chi connectivity index (χ1v) is 7.82. The number of nitrogens with one attached hydrogen (secondary N) is 2. The van der Waals surface area contributed by atoms with Crippen molar-refractivity contribution >= 4 is 28.4 Å². The smallest absolute Gasteiger partial charge is 0.319 e. The van der Waals surface area contributed by atoms with E-state index >= 15 is 0 Å². The Kier molecular flexibility index (Phi) is 4.89. The van der Waals surface area contributed by atoms with Crippen LogP contribution >= 0.6 is 0 Å². The van der Waals surface area contributed by atoms with Crippen molar-refractivity contribution in [3.05, 3.63) is 65.0 Å². The Balaban J connectivity index is 1.44. The zero-order chi connectivity index (χ0) is 17.6. The molecule has 25 heavy (non-hydrogen) atoms. The quantitative estimate of drug-likeness (QED) is 0.409. The predicted octanol–water partition coefficient (Wildman–Crippen LogP) is 3.16. The van der Waals surface area contributed by atoms with Crippen LogP contribution < -0.4 is 10.6 Å². The fourth-order valence-corrected chi connectivity index (χ4v) is 2.48. The summed E-state index contributed by atoms with van der Waals surface area (Å²) in [6, 6.07) is 13.2. The maximum atomic E-state index is 11.8. The number of non-ortho nitro benzene ring substituents is 1. The normalized spacial score (nSPS) is 10.6. The molecule has 0 unspecified atom stereocenters. The minimum absolute atomic E-state index is 0.0153. The molecule has 0 saturated carbocycles. The van der Waals surface area contributed by atoms with Gasteiger partial charge < -0.3 is 15.2 Å². The van der Waals surface area contributed by atoms with E-state index < -0.39 is 4.92 Å². The number of hydrogen-bond donors (Lipinski definition) is 2. The summed E-state index contributed by atoms with van der Waals surface area (Å²) in [6.07, 6.45) is 2.55. The van der Waals surface area contributed by atoms with Crippen LogP contribution in [0.5, 0.6) is 0 Å². The summed E-state index contributed by atoms with van der Waals surface area (Å²) in [5, 5.41) is 16.0. The molecule has 3 aromatic rings. The number of anilines is 1. The predicted molar refractivity (Wildman–Crippen MR) is 94.5 cm³/mol. The molecule has 0 fully saturated rings. The van der Waals surface area contributed by atoms with Crippen molar-refractivity contribution in [1.82, 2.24) is 14.9 Å². The summed E-state index contributed by atoms with van der Waals surface area (Å²) >= 11 is 0. The molecule has 0 saturated heterocycles. The average molecular weight is 339 g/mol. The second-order valence-electron chi connectivity index (χ2n) is 5.47. The number of aryl methyl sites for hydroxylation is 1. The molecule has 0 spiro atoms. The largest absolute Gasteiger partial charge is 0.338 e. The summed E-state index contributed by atoms with van der Waals surface area (Å²) in [4.78, 5) is 26.3. The number of amides is 2. The van der Waals surface area contributed by atoms with Gasteiger partial charge in [0.1, 0.15) is 0 Å². The monoisotopic (exact) mass is 339 g/mol. The minimum atomic E-state index is -0.482. The van der Waals surface area contributed by atoms with Crippen LogP contribution in [0.15, 0.2) is 54.9 Å². The number of rotatable bonds is 6. The van der Waals surface area contributed by atoms with E-state index in [4.69, 9.17) is 0 Å². The summed E-state index contributed by atoms with van der Waals surface area (Å²) in [6.45, 7) is 1.25. The van der Waals surface area contributed by atoms with E-state index in [1.165, 1.54) is 24.3 Å². The highest BCUT2D eigenvalue weighted by molar-refractivity contribution is 5.89. The maximum Gasteiger partial charge on any atom is 0.319 e. The number of urea groups is 1. The topological polar surface area (TPSA) is 102 Å². The zero-order valence-corrected chi connectivity index (χ0v) is 13.4. The number of aromatic nitrogens is 2. The Labute approximate surface area is 143 Å². The van der Waals surface area contributed by atoms with Gasteiger partial charge in [-0.05, 0) is 30.7 Å². The van der Waals surface area contributed by atoms with Crippen molar-refractivity contribution in [1.29, 1.82) is 0 Å². The van der Waals surface area contributed by atoms with Crippen LogP contribution in [0.1, 0.15) is 6.42 Å². The third-order valence-corrected chi connectivity index (χ3v) is 3.72. The molecule has 1 aromatic heterocycles. The summed E-state index contributed by atoms with van der Waals surface area (Å²) in [5.74, 6) is 0. The van der Waals surface area contributed by atoms with Gasteiger partial charge in [-0.25, -0.2) is 9.78 Å². The van der Waals surface area contributed by atoms with Gasteiger partial charge in [-0.15, -0.1) is 0 Å². The van der Waals surface area contributed by atoms with Crippen molar-refractivity contribution < 1.29 is 9.72 Å². The molecule has 0 radical (unpaired) electrons. The Hall–Kier alpha value is -3.42. The van der Waals surface area contributed by atoms with Crippen LogP contribution in [-0.2, 0) is 6.54 Å².